The molecule has 90 valence electrons. The van der Waals surface area contributed by atoms with Crippen molar-refractivity contribution in [2.45, 2.75) is 26.2 Å². The van der Waals surface area contributed by atoms with Crippen molar-refractivity contribution in [2.75, 3.05) is 6.54 Å². The number of halogens is 1. The van der Waals surface area contributed by atoms with Gasteiger partial charge in [0.15, 0.2) is 0 Å². The summed E-state index contributed by atoms with van der Waals surface area (Å²) < 4.78 is 0. The van der Waals surface area contributed by atoms with Crippen molar-refractivity contribution in [3.63, 3.8) is 0 Å². The molecule has 0 aliphatic heterocycles. The summed E-state index contributed by atoms with van der Waals surface area (Å²) in [5.74, 6) is 0. The van der Waals surface area contributed by atoms with Crippen LogP contribution in [0.15, 0.2) is 24.3 Å². The molecule has 1 heterocycles. The largest absolute Gasteiger partial charge is 0.330 e. The number of hydrogen-bond acceptors (Lipinski definition) is 2. The molecule has 0 amide bonds. The Morgan fingerprint density at radius 3 is 2.82 bits per heavy atom. The number of nitrogens with zero attached hydrogens (tertiary/aromatic N) is 1. The normalized spacial score (nSPS) is 11.0. The lowest BCUT2D eigenvalue weighted by molar-refractivity contribution is 0.745. The van der Waals surface area contributed by atoms with E-state index in [4.69, 9.17) is 17.3 Å². The van der Waals surface area contributed by atoms with E-state index in [1.165, 1.54) is 5.56 Å². The van der Waals surface area contributed by atoms with Gasteiger partial charge in [-0.05, 0) is 56.5 Å². The van der Waals surface area contributed by atoms with Crippen LogP contribution in [0.1, 0.15) is 24.1 Å². The van der Waals surface area contributed by atoms with E-state index in [0.717, 1.165) is 47.4 Å². The molecule has 0 aliphatic rings. The molecule has 0 saturated heterocycles. The van der Waals surface area contributed by atoms with Crippen molar-refractivity contribution in [2.24, 2.45) is 5.73 Å². The maximum absolute atomic E-state index is 6.24. The Morgan fingerprint density at radius 2 is 2.06 bits per heavy atom. The summed E-state index contributed by atoms with van der Waals surface area (Å²) in [6.07, 6.45) is 3.24. The fraction of sp³-hybridized carbons (Fsp3) is 0.357. The Hall–Kier alpha value is -1.12. The highest BCUT2D eigenvalue weighted by atomic mass is 35.5. The number of hydrogen-bond donors (Lipinski definition) is 1. The van der Waals surface area contributed by atoms with Crippen LogP contribution in [-0.4, -0.2) is 11.5 Å². The quantitative estimate of drug-likeness (QED) is 0.842. The molecule has 3 heteroatoms. The number of unbranched alkanes of at least 4 members (excludes halogenated alkanes) is 1. The van der Waals surface area contributed by atoms with Crippen LogP contribution in [0.25, 0.3) is 10.9 Å². The molecule has 0 unspecified atom stereocenters. The molecule has 1 aromatic heterocycles. The smallest absolute Gasteiger partial charge is 0.0720 e. The number of aromatic nitrogens is 1. The number of pyridine rings is 1. The van der Waals surface area contributed by atoms with E-state index in [1.54, 1.807) is 0 Å². The molecule has 0 radical (unpaired) electrons. The maximum Gasteiger partial charge on any atom is 0.0720 e. The Kier molecular flexibility index (Phi) is 3.97. The molecule has 0 saturated carbocycles. The van der Waals surface area contributed by atoms with Gasteiger partial charge in [0.05, 0.1) is 10.5 Å². The van der Waals surface area contributed by atoms with Gasteiger partial charge in [-0.25, -0.2) is 0 Å². The van der Waals surface area contributed by atoms with Crippen molar-refractivity contribution >= 4 is 22.5 Å². The zero-order valence-corrected chi connectivity index (χ0v) is 10.8. The Labute approximate surface area is 107 Å². The fourth-order valence-corrected chi connectivity index (χ4v) is 2.29. The topological polar surface area (TPSA) is 38.9 Å². The van der Waals surface area contributed by atoms with Gasteiger partial charge in [-0.3, -0.25) is 4.98 Å². The minimum Gasteiger partial charge on any atom is -0.330 e. The molecule has 0 aliphatic carbocycles. The van der Waals surface area contributed by atoms with Crippen LogP contribution in [0.4, 0.5) is 0 Å². The van der Waals surface area contributed by atoms with Crippen LogP contribution in [0.2, 0.25) is 5.02 Å². The Bertz CT molecular complexity index is 523. The number of benzene rings is 1. The third kappa shape index (κ3) is 2.96. The maximum atomic E-state index is 6.24. The summed E-state index contributed by atoms with van der Waals surface area (Å²) in [5.41, 5.74) is 8.72. The molecule has 2 nitrogen and oxygen atoms in total. The van der Waals surface area contributed by atoms with E-state index in [0.29, 0.717) is 0 Å². The van der Waals surface area contributed by atoms with E-state index in [2.05, 4.69) is 17.1 Å². The first-order chi connectivity index (χ1) is 8.20. The lowest BCUT2D eigenvalue weighted by Crippen LogP contribution is -1.99. The van der Waals surface area contributed by atoms with Crippen molar-refractivity contribution in [3.8, 4) is 0 Å². The van der Waals surface area contributed by atoms with Crippen molar-refractivity contribution in [1.29, 1.82) is 0 Å². The number of nitrogens with two attached hydrogens (primary N) is 1. The summed E-state index contributed by atoms with van der Waals surface area (Å²) in [5, 5.41) is 1.83. The third-order valence-corrected chi connectivity index (χ3v) is 3.18. The van der Waals surface area contributed by atoms with Crippen molar-refractivity contribution < 1.29 is 0 Å². The minimum atomic E-state index is 0.759. The summed E-state index contributed by atoms with van der Waals surface area (Å²) in [7, 11) is 0. The third-order valence-electron chi connectivity index (χ3n) is 2.87. The highest BCUT2D eigenvalue weighted by Gasteiger charge is 2.03. The lowest BCUT2D eigenvalue weighted by atomic mass is 10.1. The predicted molar refractivity (Wildman–Crippen MR) is 73.5 cm³/mol. The highest BCUT2D eigenvalue weighted by molar-refractivity contribution is 6.35. The van der Waals surface area contributed by atoms with Gasteiger partial charge in [0, 0.05) is 11.1 Å². The minimum absolute atomic E-state index is 0.759. The van der Waals surface area contributed by atoms with E-state index in [1.807, 2.05) is 19.1 Å². The summed E-state index contributed by atoms with van der Waals surface area (Å²) >= 11 is 6.24. The molecular weight excluding hydrogens is 232 g/mol. The monoisotopic (exact) mass is 248 g/mol. The second-order valence-corrected chi connectivity index (χ2v) is 4.75. The molecular formula is C14H17ClN2. The van der Waals surface area contributed by atoms with Crippen LogP contribution in [0.3, 0.4) is 0 Å². The first-order valence-corrected chi connectivity index (χ1v) is 6.34. The van der Waals surface area contributed by atoms with E-state index >= 15 is 0 Å². The van der Waals surface area contributed by atoms with Gasteiger partial charge in [0.2, 0.25) is 0 Å². The fourth-order valence-electron chi connectivity index (χ4n) is 1.98. The molecule has 0 atom stereocenters. The number of aryl methyl sites for hydroxylation is 2. The first kappa shape index (κ1) is 12.3. The second kappa shape index (κ2) is 5.48. The zero-order chi connectivity index (χ0) is 12.3. The van der Waals surface area contributed by atoms with Gasteiger partial charge in [-0.15, -0.1) is 0 Å². The average molecular weight is 249 g/mol. The van der Waals surface area contributed by atoms with Crippen LogP contribution in [0, 0.1) is 6.92 Å². The SMILES string of the molecule is Cc1cc(Cl)c2cc(CCCCN)ccc2n1. The van der Waals surface area contributed by atoms with E-state index in [9.17, 15) is 0 Å². The molecule has 0 bridgehead atoms. The van der Waals surface area contributed by atoms with Gasteiger partial charge in [-0.1, -0.05) is 17.7 Å². The van der Waals surface area contributed by atoms with Crippen LogP contribution >= 0.6 is 11.6 Å². The van der Waals surface area contributed by atoms with Gasteiger partial charge >= 0.3 is 0 Å². The van der Waals surface area contributed by atoms with E-state index in [-0.39, 0.29) is 0 Å². The average Bonchev–Trinajstić information content (AvgIpc) is 2.30. The standard InChI is InChI=1S/C14H17ClN2/c1-10-8-13(15)12-9-11(4-2-3-7-16)5-6-14(12)17-10/h5-6,8-9H,2-4,7,16H2,1H3. The molecule has 2 aromatic rings. The molecule has 0 spiro atoms. The predicted octanol–water partition coefficient (Wildman–Crippen LogP) is 3.48. The van der Waals surface area contributed by atoms with Crippen molar-refractivity contribution in [3.05, 3.63) is 40.5 Å². The van der Waals surface area contributed by atoms with Crippen LogP contribution < -0.4 is 5.73 Å². The van der Waals surface area contributed by atoms with Gasteiger partial charge < -0.3 is 5.73 Å². The van der Waals surface area contributed by atoms with Crippen LogP contribution in [-0.2, 0) is 6.42 Å². The molecule has 17 heavy (non-hydrogen) atoms. The summed E-state index contributed by atoms with van der Waals surface area (Å²) in [4.78, 5) is 4.47. The lowest BCUT2D eigenvalue weighted by Gasteiger charge is -2.05. The number of fused-ring (bicyclic) bond motifs is 1. The van der Waals surface area contributed by atoms with Gasteiger partial charge in [0.25, 0.3) is 0 Å². The first-order valence-electron chi connectivity index (χ1n) is 5.96. The van der Waals surface area contributed by atoms with Gasteiger partial charge in [0.1, 0.15) is 0 Å². The molecule has 1 aromatic carbocycles. The van der Waals surface area contributed by atoms with E-state index < -0.39 is 0 Å². The summed E-state index contributed by atoms with van der Waals surface area (Å²) in [6, 6.07) is 8.22. The van der Waals surface area contributed by atoms with Crippen molar-refractivity contribution in [1.82, 2.24) is 4.98 Å². The molecule has 0 fully saturated rings. The summed E-state index contributed by atoms with van der Waals surface area (Å²) in [6.45, 7) is 2.72. The Morgan fingerprint density at radius 1 is 1.24 bits per heavy atom. The molecule has 2 rings (SSSR count). The van der Waals surface area contributed by atoms with Crippen LogP contribution in [0.5, 0.6) is 0 Å². The van der Waals surface area contributed by atoms with Gasteiger partial charge in [-0.2, -0.15) is 0 Å². The molecule has 2 N–H and O–H groups in total. The Balaban J connectivity index is 2.30. The zero-order valence-electron chi connectivity index (χ0n) is 10.0. The highest BCUT2D eigenvalue weighted by Crippen LogP contribution is 2.24. The second-order valence-electron chi connectivity index (χ2n) is 4.34. The number of rotatable bonds is 4.